The SMILES string of the molecule is NC(=O)c1ccc(S(=O)(=O)Cl)s1. The molecule has 0 aliphatic carbocycles. The number of primary amides is 1. The second kappa shape index (κ2) is 3.04. The fourth-order valence-corrected chi connectivity index (χ4v) is 2.51. The van der Waals surface area contributed by atoms with E-state index in [2.05, 4.69) is 0 Å². The van der Waals surface area contributed by atoms with Crippen LogP contribution < -0.4 is 5.73 Å². The zero-order valence-electron chi connectivity index (χ0n) is 5.65. The summed E-state index contributed by atoms with van der Waals surface area (Å²) in [5.74, 6) is -0.661. The van der Waals surface area contributed by atoms with E-state index >= 15 is 0 Å². The topological polar surface area (TPSA) is 77.2 Å². The van der Waals surface area contributed by atoms with Gasteiger partial charge < -0.3 is 5.73 Å². The van der Waals surface area contributed by atoms with Crippen molar-refractivity contribution in [1.82, 2.24) is 0 Å². The van der Waals surface area contributed by atoms with Crippen molar-refractivity contribution < 1.29 is 13.2 Å². The van der Waals surface area contributed by atoms with Gasteiger partial charge in [-0.25, -0.2) is 8.42 Å². The van der Waals surface area contributed by atoms with Gasteiger partial charge in [0.2, 0.25) is 0 Å². The molecule has 1 aromatic heterocycles. The van der Waals surface area contributed by atoms with Crippen LogP contribution in [0.15, 0.2) is 16.3 Å². The summed E-state index contributed by atoms with van der Waals surface area (Å²) in [5, 5.41) is 0. The van der Waals surface area contributed by atoms with Crippen LogP contribution >= 0.6 is 22.0 Å². The molecule has 66 valence electrons. The molecule has 0 radical (unpaired) electrons. The number of nitrogens with two attached hydrogens (primary N) is 1. The molecule has 1 rings (SSSR count). The molecule has 0 unspecified atom stereocenters. The van der Waals surface area contributed by atoms with Gasteiger partial charge in [-0.3, -0.25) is 4.79 Å². The quantitative estimate of drug-likeness (QED) is 0.756. The van der Waals surface area contributed by atoms with Crippen molar-refractivity contribution >= 4 is 37.0 Å². The van der Waals surface area contributed by atoms with E-state index in [0.717, 1.165) is 11.3 Å². The molecule has 0 bridgehead atoms. The van der Waals surface area contributed by atoms with Crippen molar-refractivity contribution in [3.05, 3.63) is 17.0 Å². The minimum absolute atomic E-state index is 0.0713. The van der Waals surface area contributed by atoms with Crippen LogP contribution in [-0.4, -0.2) is 14.3 Å². The van der Waals surface area contributed by atoms with Gasteiger partial charge in [-0.2, -0.15) is 0 Å². The lowest BCUT2D eigenvalue weighted by Gasteiger charge is -1.86. The summed E-state index contributed by atoms with van der Waals surface area (Å²) >= 11 is 0.753. The number of carbonyl (C=O) groups excluding carboxylic acids is 1. The highest BCUT2D eigenvalue weighted by Gasteiger charge is 2.14. The normalized spacial score (nSPS) is 11.4. The molecule has 1 aromatic rings. The number of halogens is 1. The number of thiophene rings is 1. The van der Waals surface area contributed by atoms with Crippen LogP contribution in [0.25, 0.3) is 0 Å². The van der Waals surface area contributed by atoms with E-state index < -0.39 is 15.0 Å². The standard InChI is InChI=1S/C5H4ClNO3S2/c6-12(9,10)4-2-1-3(11-4)5(7)8/h1-2H,(H2,7,8). The summed E-state index contributed by atoms with van der Waals surface area (Å²) in [6.45, 7) is 0. The molecule has 0 saturated heterocycles. The average molecular weight is 226 g/mol. The Hall–Kier alpha value is -0.590. The van der Waals surface area contributed by atoms with Gasteiger partial charge in [0.1, 0.15) is 4.21 Å². The molecule has 0 saturated carbocycles. The Morgan fingerprint density at radius 3 is 2.33 bits per heavy atom. The van der Waals surface area contributed by atoms with E-state index in [1.807, 2.05) is 0 Å². The Labute approximate surface area is 77.4 Å². The number of hydrogen-bond acceptors (Lipinski definition) is 4. The predicted molar refractivity (Wildman–Crippen MR) is 45.9 cm³/mol. The Bertz CT molecular complexity index is 408. The first kappa shape index (κ1) is 9.50. The third-order valence-corrected chi connectivity index (χ3v) is 4.26. The van der Waals surface area contributed by atoms with Gasteiger partial charge in [0.05, 0.1) is 4.88 Å². The fraction of sp³-hybridized carbons (Fsp3) is 0. The summed E-state index contributed by atoms with van der Waals surface area (Å²) in [7, 11) is 1.27. The van der Waals surface area contributed by atoms with Gasteiger partial charge in [0, 0.05) is 10.7 Å². The van der Waals surface area contributed by atoms with Crippen molar-refractivity contribution in [3.63, 3.8) is 0 Å². The van der Waals surface area contributed by atoms with Crippen molar-refractivity contribution in [2.24, 2.45) is 5.73 Å². The van der Waals surface area contributed by atoms with Crippen LogP contribution in [0.5, 0.6) is 0 Å². The summed E-state index contributed by atoms with van der Waals surface area (Å²) < 4.78 is 21.3. The lowest BCUT2D eigenvalue weighted by atomic mass is 10.5. The maximum absolute atomic E-state index is 10.7. The van der Waals surface area contributed by atoms with Crippen LogP contribution in [0, 0.1) is 0 Å². The number of carbonyl (C=O) groups is 1. The van der Waals surface area contributed by atoms with Crippen LogP contribution in [-0.2, 0) is 9.05 Å². The first-order chi connectivity index (χ1) is 5.41. The molecule has 0 aliphatic rings. The third kappa shape index (κ3) is 1.96. The van der Waals surface area contributed by atoms with E-state index in [-0.39, 0.29) is 9.09 Å². The second-order valence-corrected chi connectivity index (χ2v) is 5.80. The number of rotatable bonds is 2. The van der Waals surface area contributed by atoms with Crippen LogP contribution in [0.1, 0.15) is 9.67 Å². The van der Waals surface area contributed by atoms with Gasteiger partial charge in [-0.15, -0.1) is 11.3 Å². The maximum Gasteiger partial charge on any atom is 0.270 e. The molecule has 4 nitrogen and oxygen atoms in total. The minimum atomic E-state index is -3.73. The highest BCUT2D eigenvalue weighted by Crippen LogP contribution is 2.24. The molecule has 0 fully saturated rings. The lowest BCUT2D eigenvalue weighted by Crippen LogP contribution is -2.08. The highest BCUT2D eigenvalue weighted by atomic mass is 35.7. The van der Waals surface area contributed by atoms with Crippen LogP contribution in [0.4, 0.5) is 0 Å². The monoisotopic (exact) mass is 225 g/mol. The molecule has 0 spiro atoms. The van der Waals surface area contributed by atoms with Gasteiger partial charge in [0.25, 0.3) is 15.0 Å². The molecule has 0 atom stereocenters. The molecular weight excluding hydrogens is 222 g/mol. The minimum Gasteiger partial charge on any atom is -0.365 e. The average Bonchev–Trinajstić information content (AvgIpc) is 2.30. The van der Waals surface area contributed by atoms with E-state index in [4.69, 9.17) is 16.4 Å². The Kier molecular flexibility index (Phi) is 2.41. The second-order valence-electron chi connectivity index (χ2n) is 1.92. The smallest absolute Gasteiger partial charge is 0.270 e. The van der Waals surface area contributed by atoms with Gasteiger partial charge >= 0.3 is 0 Å². The molecule has 7 heteroatoms. The van der Waals surface area contributed by atoms with Gasteiger partial charge in [-0.05, 0) is 12.1 Å². The van der Waals surface area contributed by atoms with Gasteiger partial charge in [0.15, 0.2) is 0 Å². The molecular formula is C5H4ClNO3S2. The Balaban J connectivity index is 3.17. The van der Waals surface area contributed by atoms with Crippen molar-refractivity contribution in [3.8, 4) is 0 Å². The summed E-state index contributed by atoms with van der Waals surface area (Å²) in [6.07, 6.45) is 0. The van der Waals surface area contributed by atoms with E-state index in [1.54, 1.807) is 0 Å². The maximum atomic E-state index is 10.7. The Morgan fingerprint density at radius 1 is 1.50 bits per heavy atom. The zero-order chi connectivity index (χ0) is 9.35. The molecule has 1 amide bonds. The summed E-state index contributed by atoms with van der Waals surface area (Å²) in [6, 6.07) is 2.56. The highest BCUT2D eigenvalue weighted by molar-refractivity contribution is 8.15. The number of hydrogen-bond donors (Lipinski definition) is 1. The van der Waals surface area contributed by atoms with E-state index in [0.29, 0.717) is 0 Å². The predicted octanol–water partition coefficient (Wildman–Crippen LogP) is 0.775. The molecule has 2 N–H and O–H groups in total. The van der Waals surface area contributed by atoms with Crippen molar-refractivity contribution in [2.45, 2.75) is 4.21 Å². The fourth-order valence-electron chi connectivity index (χ4n) is 0.584. The lowest BCUT2D eigenvalue weighted by molar-refractivity contribution is 0.100. The van der Waals surface area contributed by atoms with E-state index in [9.17, 15) is 13.2 Å². The molecule has 0 aromatic carbocycles. The van der Waals surface area contributed by atoms with E-state index in [1.165, 1.54) is 12.1 Å². The third-order valence-electron chi connectivity index (χ3n) is 1.06. The molecule has 12 heavy (non-hydrogen) atoms. The van der Waals surface area contributed by atoms with Gasteiger partial charge in [-0.1, -0.05) is 0 Å². The Morgan fingerprint density at radius 2 is 2.08 bits per heavy atom. The zero-order valence-corrected chi connectivity index (χ0v) is 8.04. The molecule has 0 aliphatic heterocycles. The van der Waals surface area contributed by atoms with Crippen molar-refractivity contribution in [1.29, 1.82) is 0 Å². The summed E-state index contributed by atoms with van der Waals surface area (Å²) in [4.78, 5) is 10.7. The number of amides is 1. The first-order valence-electron chi connectivity index (χ1n) is 2.75. The molecule has 1 heterocycles. The van der Waals surface area contributed by atoms with Crippen LogP contribution in [0.3, 0.4) is 0 Å². The first-order valence-corrected chi connectivity index (χ1v) is 5.88. The summed E-state index contributed by atoms with van der Waals surface area (Å²) in [5.41, 5.74) is 4.90. The van der Waals surface area contributed by atoms with Crippen molar-refractivity contribution in [2.75, 3.05) is 0 Å². The van der Waals surface area contributed by atoms with Crippen LogP contribution in [0.2, 0.25) is 0 Å². The largest absolute Gasteiger partial charge is 0.365 e.